The van der Waals surface area contributed by atoms with Crippen LogP contribution >= 0.6 is 0 Å². The molecule has 5 rings (SSSR count). The number of fused-ring (bicyclic) bond motifs is 1. The van der Waals surface area contributed by atoms with Crippen LogP contribution in [-0.4, -0.2) is 33.4 Å². The number of hydrogen-bond donors (Lipinski definition) is 1. The Hall–Kier alpha value is -3.44. The maximum atomic E-state index is 13.0. The van der Waals surface area contributed by atoms with E-state index in [0.29, 0.717) is 11.5 Å². The van der Waals surface area contributed by atoms with Crippen molar-refractivity contribution in [1.29, 1.82) is 0 Å². The predicted molar refractivity (Wildman–Crippen MR) is 129 cm³/mol. The van der Waals surface area contributed by atoms with Gasteiger partial charge in [0.05, 0.1) is 11.0 Å². The molecule has 0 spiro atoms. The van der Waals surface area contributed by atoms with Crippen LogP contribution in [0.4, 0.5) is 5.95 Å². The van der Waals surface area contributed by atoms with Crippen molar-refractivity contribution in [3.63, 3.8) is 0 Å². The Bertz CT molecular complexity index is 1240. The van der Waals surface area contributed by atoms with Crippen LogP contribution in [-0.2, 0) is 6.54 Å². The van der Waals surface area contributed by atoms with Crippen LogP contribution in [0.1, 0.15) is 40.7 Å². The molecule has 2 heterocycles. The topological polar surface area (TPSA) is 50.2 Å². The van der Waals surface area contributed by atoms with E-state index in [9.17, 15) is 4.79 Å². The highest BCUT2D eigenvalue weighted by Crippen LogP contribution is 2.27. The normalized spacial score (nSPS) is 14.5. The Morgan fingerprint density at radius 2 is 1.75 bits per heavy atom. The summed E-state index contributed by atoms with van der Waals surface area (Å²) in [5, 5.41) is 3.05. The number of aromatic nitrogens is 2. The fourth-order valence-corrected chi connectivity index (χ4v) is 4.48. The lowest BCUT2D eigenvalue weighted by atomic mass is 10.1. The van der Waals surface area contributed by atoms with Gasteiger partial charge in [-0.25, -0.2) is 4.98 Å². The highest BCUT2D eigenvalue weighted by atomic mass is 16.1. The first-order valence-corrected chi connectivity index (χ1v) is 11.3. The predicted octanol–water partition coefficient (Wildman–Crippen LogP) is 5.57. The summed E-state index contributed by atoms with van der Waals surface area (Å²) >= 11 is 0. The van der Waals surface area contributed by atoms with Gasteiger partial charge in [0.1, 0.15) is 0 Å². The highest BCUT2D eigenvalue weighted by Gasteiger charge is 2.17. The van der Waals surface area contributed by atoms with Crippen molar-refractivity contribution in [1.82, 2.24) is 14.5 Å². The summed E-state index contributed by atoms with van der Waals surface area (Å²) in [6.45, 7) is 5.25. The molecule has 0 atom stereocenters. The third kappa shape index (κ3) is 4.30. The zero-order valence-electron chi connectivity index (χ0n) is 18.4. The van der Waals surface area contributed by atoms with Crippen molar-refractivity contribution in [3.05, 3.63) is 89.5 Å². The second kappa shape index (κ2) is 8.97. The molecule has 3 aromatic carbocycles. The number of para-hydroxylation sites is 1. The molecule has 0 unspecified atom stereocenters. The first-order valence-electron chi connectivity index (χ1n) is 11.3. The highest BCUT2D eigenvalue weighted by molar-refractivity contribution is 6.04. The standard InChI is InChI=1S/C27H28N4O/c1-20-9-8-10-22(17-20)26(32)29-27-28-24-18-21(19-30-15-6-3-7-16-30)13-14-25(24)31(27)23-11-4-2-5-12-23/h2,4-5,8-14,17-18H,3,6-7,15-16,19H2,1H3,(H,28,29,32). The van der Waals surface area contributed by atoms with Gasteiger partial charge in [0.25, 0.3) is 5.91 Å². The van der Waals surface area contributed by atoms with Gasteiger partial charge in [-0.3, -0.25) is 19.6 Å². The molecule has 4 aromatic rings. The zero-order chi connectivity index (χ0) is 21.9. The number of nitrogens with zero attached hydrogens (tertiary/aromatic N) is 3. The first-order chi connectivity index (χ1) is 15.7. The summed E-state index contributed by atoms with van der Waals surface area (Å²) in [7, 11) is 0. The minimum atomic E-state index is -0.158. The third-order valence-electron chi connectivity index (χ3n) is 6.09. The summed E-state index contributed by atoms with van der Waals surface area (Å²) in [6.07, 6.45) is 3.89. The molecule has 1 N–H and O–H groups in total. The van der Waals surface area contributed by atoms with E-state index in [1.54, 1.807) is 0 Å². The molecule has 0 aliphatic carbocycles. The molecule has 5 nitrogen and oxygen atoms in total. The number of benzene rings is 3. The minimum absolute atomic E-state index is 0.158. The second-order valence-corrected chi connectivity index (χ2v) is 8.59. The van der Waals surface area contributed by atoms with E-state index in [1.165, 1.54) is 24.8 Å². The van der Waals surface area contributed by atoms with Gasteiger partial charge in [-0.15, -0.1) is 0 Å². The van der Waals surface area contributed by atoms with Crippen LogP contribution in [0, 0.1) is 6.92 Å². The monoisotopic (exact) mass is 424 g/mol. The molecule has 1 aliphatic heterocycles. The summed E-state index contributed by atoms with van der Waals surface area (Å²) in [5.41, 5.74) is 5.78. The van der Waals surface area contributed by atoms with E-state index in [1.807, 2.05) is 66.1 Å². The molecule has 1 aromatic heterocycles. The van der Waals surface area contributed by atoms with E-state index in [0.717, 1.165) is 41.9 Å². The molecule has 1 saturated heterocycles. The van der Waals surface area contributed by atoms with Crippen LogP contribution in [0.5, 0.6) is 0 Å². The molecule has 0 radical (unpaired) electrons. The molecular weight excluding hydrogens is 396 g/mol. The number of amides is 1. The molecule has 0 bridgehead atoms. The first kappa shape index (κ1) is 20.5. The summed E-state index contributed by atoms with van der Waals surface area (Å²) < 4.78 is 2.02. The van der Waals surface area contributed by atoms with Crippen molar-refractivity contribution in [2.75, 3.05) is 18.4 Å². The van der Waals surface area contributed by atoms with Crippen LogP contribution in [0.15, 0.2) is 72.8 Å². The van der Waals surface area contributed by atoms with Crippen LogP contribution in [0.2, 0.25) is 0 Å². The Morgan fingerprint density at radius 3 is 2.53 bits per heavy atom. The fourth-order valence-electron chi connectivity index (χ4n) is 4.48. The molecule has 1 fully saturated rings. The molecule has 0 saturated carbocycles. The smallest absolute Gasteiger partial charge is 0.257 e. The van der Waals surface area contributed by atoms with E-state index in [4.69, 9.17) is 4.98 Å². The number of imidazole rings is 1. The quantitative estimate of drug-likeness (QED) is 0.455. The maximum absolute atomic E-state index is 13.0. The number of anilines is 1. The Balaban J connectivity index is 1.52. The number of hydrogen-bond acceptors (Lipinski definition) is 3. The van der Waals surface area contributed by atoms with Gasteiger partial charge in [-0.05, 0) is 74.8 Å². The van der Waals surface area contributed by atoms with E-state index < -0.39 is 0 Å². The van der Waals surface area contributed by atoms with Crippen molar-refractivity contribution in [2.24, 2.45) is 0 Å². The number of aryl methyl sites for hydroxylation is 1. The number of likely N-dealkylation sites (tertiary alicyclic amines) is 1. The SMILES string of the molecule is Cc1cccc(C(=O)Nc2nc3cc(CN4CCCCC4)ccc3n2-c2ccccc2)c1. The van der Waals surface area contributed by atoms with Gasteiger partial charge in [-0.2, -0.15) is 0 Å². The minimum Gasteiger partial charge on any atom is -0.299 e. The summed E-state index contributed by atoms with van der Waals surface area (Å²) in [4.78, 5) is 20.3. The molecule has 162 valence electrons. The van der Waals surface area contributed by atoms with Gasteiger partial charge in [0.2, 0.25) is 5.95 Å². The summed E-state index contributed by atoms with van der Waals surface area (Å²) in [5.74, 6) is 0.377. The fraction of sp³-hybridized carbons (Fsp3) is 0.259. The lowest BCUT2D eigenvalue weighted by Gasteiger charge is -2.26. The maximum Gasteiger partial charge on any atom is 0.257 e. The third-order valence-corrected chi connectivity index (χ3v) is 6.09. The van der Waals surface area contributed by atoms with Crippen LogP contribution < -0.4 is 5.32 Å². The van der Waals surface area contributed by atoms with Gasteiger partial charge >= 0.3 is 0 Å². The number of nitrogens with one attached hydrogen (secondary N) is 1. The van der Waals surface area contributed by atoms with Gasteiger partial charge in [0.15, 0.2) is 0 Å². The van der Waals surface area contributed by atoms with E-state index in [-0.39, 0.29) is 5.91 Å². The number of carbonyl (C=O) groups is 1. The Morgan fingerprint density at radius 1 is 0.938 bits per heavy atom. The molecule has 1 aliphatic rings. The number of piperidine rings is 1. The summed E-state index contributed by atoms with van der Waals surface area (Å²) in [6, 6.07) is 24.1. The second-order valence-electron chi connectivity index (χ2n) is 8.59. The van der Waals surface area contributed by atoms with Gasteiger partial charge < -0.3 is 0 Å². The Kier molecular flexibility index (Phi) is 5.73. The lowest BCUT2D eigenvalue weighted by Crippen LogP contribution is -2.29. The van der Waals surface area contributed by atoms with E-state index in [2.05, 4.69) is 28.4 Å². The van der Waals surface area contributed by atoms with E-state index >= 15 is 0 Å². The molecule has 1 amide bonds. The van der Waals surface area contributed by atoms with Crippen molar-refractivity contribution in [3.8, 4) is 5.69 Å². The largest absolute Gasteiger partial charge is 0.299 e. The average molecular weight is 425 g/mol. The average Bonchev–Trinajstić information content (AvgIpc) is 3.17. The van der Waals surface area contributed by atoms with Crippen molar-refractivity contribution in [2.45, 2.75) is 32.7 Å². The number of rotatable bonds is 5. The van der Waals surface area contributed by atoms with Crippen LogP contribution in [0.25, 0.3) is 16.7 Å². The lowest BCUT2D eigenvalue weighted by molar-refractivity contribution is 0.102. The number of carbonyl (C=O) groups excluding carboxylic acids is 1. The molecule has 32 heavy (non-hydrogen) atoms. The Labute approximate surface area is 188 Å². The molecular formula is C27H28N4O. The van der Waals surface area contributed by atoms with Crippen molar-refractivity contribution >= 4 is 22.9 Å². The van der Waals surface area contributed by atoms with Crippen molar-refractivity contribution < 1.29 is 4.79 Å². The van der Waals surface area contributed by atoms with Gasteiger partial charge in [-0.1, -0.05) is 48.4 Å². The molecule has 5 heteroatoms. The van der Waals surface area contributed by atoms with Crippen LogP contribution in [0.3, 0.4) is 0 Å². The van der Waals surface area contributed by atoms with Gasteiger partial charge in [0, 0.05) is 17.8 Å². The zero-order valence-corrected chi connectivity index (χ0v) is 18.4.